The van der Waals surface area contributed by atoms with Crippen LogP contribution in [0, 0.1) is 48.5 Å². The highest BCUT2D eigenvalue weighted by Crippen LogP contribution is 2.42. The molecule has 16 aromatic rings. The average molecular weight is 1390 g/mol. The second-order valence-electron chi connectivity index (χ2n) is 27.9. The molecule has 12 nitrogen and oxygen atoms in total. The van der Waals surface area contributed by atoms with Crippen molar-refractivity contribution >= 4 is 88.3 Å². The lowest BCUT2D eigenvalue weighted by Gasteiger charge is -2.13. The van der Waals surface area contributed by atoms with Gasteiger partial charge >= 0.3 is 0 Å². The number of aromatic nitrogens is 8. The van der Waals surface area contributed by atoms with Crippen LogP contribution in [0.2, 0.25) is 0 Å². The first-order valence-corrected chi connectivity index (χ1v) is 36.4. The third-order valence-electron chi connectivity index (χ3n) is 20.7. The van der Waals surface area contributed by atoms with E-state index in [9.17, 15) is 0 Å². The van der Waals surface area contributed by atoms with Gasteiger partial charge in [-0.2, -0.15) is 0 Å². The topological polar surface area (TPSA) is 120 Å². The van der Waals surface area contributed by atoms with E-state index in [4.69, 9.17) is 25.9 Å². The molecule has 104 heavy (non-hydrogen) atoms. The van der Waals surface area contributed by atoms with Crippen LogP contribution in [-0.2, 0) is 73.0 Å². The van der Waals surface area contributed by atoms with E-state index in [0.717, 1.165) is 164 Å². The molecule has 0 fully saturated rings. The highest BCUT2D eigenvalue weighted by molar-refractivity contribution is 6.12. The fourth-order valence-electron chi connectivity index (χ4n) is 15.0. The van der Waals surface area contributed by atoms with Gasteiger partial charge in [0.1, 0.15) is 28.2 Å². The Morgan fingerprint density at radius 2 is 0.635 bits per heavy atom. The smallest absolute Gasteiger partial charge is 0.227 e. The molecular weight excluding hydrogens is 1280 g/mol. The summed E-state index contributed by atoms with van der Waals surface area (Å²) in [5, 5.41) is 8.33. The first-order valence-electron chi connectivity index (χ1n) is 39.4. The number of nitrogens with zero attached hydrogens (tertiary/aromatic N) is 8. The van der Waals surface area contributed by atoms with Gasteiger partial charge in [-0.3, -0.25) is 0 Å². The van der Waals surface area contributed by atoms with Crippen LogP contribution >= 0.6 is 0 Å². The van der Waals surface area contributed by atoms with Gasteiger partial charge in [-0.1, -0.05) is 111 Å². The average Bonchev–Trinajstić information content (AvgIpc) is 1.41. The van der Waals surface area contributed by atoms with Crippen molar-refractivity contribution in [1.29, 1.82) is 0 Å². The number of aryl methyl sites for hydroxylation is 18. The summed E-state index contributed by atoms with van der Waals surface area (Å²) in [5.41, 5.74) is 29.6. The SMILES string of the molecule is CCc1cc(-c2c(C)ccc3c2oc2nc(C)ccc23)[n+](C)cc1CC.CCc1cc(-c2c(C)ccc3c2oc2ncccc23)[n+](C)cc1CC.[2H]C([2H])(C)c1cc(-c2c(C)ccc3c2oc2nc(C)ccc23)[n+](C)cc1C(C)C.[2H]C([2H])(C)c1cc(-c2c(C)ccc3c2oc2nc(C)ccc23)[n+](C)cc1C([2H])([2H])C. The Balaban J connectivity index is 0.000000129. The minimum Gasteiger partial charge on any atom is -0.437 e. The van der Waals surface area contributed by atoms with Crippen LogP contribution in [0.15, 0.2) is 170 Å². The second kappa shape index (κ2) is 29.6. The van der Waals surface area contributed by atoms with Crippen LogP contribution in [0.25, 0.3) is 133 Å². The van der Waals surface area contributed by atoms with Crippen molar-refractivity contribution in [3.05, 3.63) is 236 Å². The molecule has 0 saturated carbocycles. The summed E-state index contributed by atoms with van der Waals surface area (Å²) in [4.78, 5) is 18.1. The molecule has 0 atom stereocenters. The highest BCUT2D eigenvalue weighted by atomic mass is 16.4. The Morgan fingerprint density at radius 1 is 0.337 bits per heavy atom. The summed E-state index contributed by atoms with van der Waals surface area (Å²) in [6, 6.07) is 41.5. The van der Waals surface area contributed by atoms with Gasteiger partial charge in [-0.15, -0.1) is 0 Å². The van der Waals surface area contributed by atoms with Crippen molar-refractivity contribution in [2.45, 2.75) is 161 Å². The molecule has 0 bridgehead atoms. The van der Waals surface area contributed by atoms with Gasteiger partial charge in [0, 0.05) is 121 Å². The number of rotatable bonds is 12. The standard InChI is InChI=1S/C24H27N2O.2C23H25N2O.C22H23N2O/c1-7-17-12-21(26(6)13-20(17)14(2)3)22-15(4)8-10-18-19-11-9-16(5)25-24(19)27-23(18)22;2*1-6-16-12-20(25(5)13-17(16)7-2)21-14(3)8-10-18-19-11-9-15(4)24-23(19)26-22(18)21;1-5-15-12-19(24(4)13-16(15)6-2)20-14(3)9-10-17-18-8-7-11-23-22(18)25-21(17)20/h8-14H,7H2,1-6H3;2*8-13H,6-7H2,1-5H3;7-13H,5-6H2,1-4H3/q4*+1/i7D2;6D2,7D2;;. The van der Waals surface area contributed by atoms with E-state index >= 15 is 0 Å². The lowest BCUT2D eigenvalue weighted by atomic mass is 9.94. The summed E-state index contributed by atoms with van der Waals surface area (Å²) in [5.74, 6) is 0.232. The third kappa shape index (κ3) is 13.2. The normalized spacial score (nSPS) is 12.9. The molecule has 0 aliphatic rings. The third-order valence-corrected chi connectivity index (χ3v) is 20.7. The first kappa shape index (κ1) is 64.1. The predicted octanol–water partition coefficient (Wildman–Crippen LogP) is 21.1. The number of hydrogen-bond acceptors (Lipinski definition) is 8. The molecule has 4 aromatic carbocycles. The van der Waals surface area contributed by atoms with E-state index in [1.807, 2.05) is 94.9 Å². The molecule has 12 heterocycles. The van der Waals surface area contributed by atoms with Crippen LogP contribution in [0.4, 0.5) is 0 Å². The monoisotopic (exact) mass is 1390 g/mol. The lowest BCUT2D eigenvalue weighted by Crippen LogP contribution is -2.32. The van der Waals surface area contributed by atoms with Gasteiger partial charge in [0.2, 0.25) is 45.6 Å². The molecule has 0 radical (unpaired) electrons. The van der Waals surface area contributed by atoms with Crippen LogP contribution in [0.3, 0.4) is 0 Å². The second-order valence-corrected chi connectivity index (χ2v) is 27.9. The number of hydrogen-bond donors (Lipinski definition) is 0. The van der Waals surface area contributed by atoms with E-state index in [2.05, 4.69) is 195 Å². The maximum Gasteiger partial charge on any atom is 0.227 e. The van der Waals surface area contributed by atoms with E-state index < -0.39 is 19.1 Å². The van der Waals surface area contributed by atoms with Crippen LogP contribution in [-0.4, -0.2) is 19.9 Å². The maximum atomic E-state index is 8.39. The Hall–Kier alpha value is -10.7. The van der Waals surface area contributed by atoms with Crippen LogP contribution in [0.5, 0.6) is 0 Å². The molecule has 0 N–H and O–H groups in total. The lowest BCUT2D eigenvalue weighted by molar-refractivity contribution is -0.661. The fourth-order valence-corrected chi connectivity index (χ4v) is 15.0. The summed E-state index contributed by atoms with van der Waals surface area (Å²) < 4.78 is 83.0. The Morgan fingerprint density at radius 3 is 0.971 bits per heavy atom. The molecule has 0 aliphatic carbocycles. The molecule has 0 spiro atoms. The minimum atomic E-state index is -1.70. The van der Waals surface area contributed by atoms with Crippen molar-refractivity contribution < 1.29 is 44.2 Å². The Bertz CT molecular complexity index is 6300. The Labute approximate surface area is 620 Å². The zero-order valence-corrected chi connectivity index (χ0v) is 64.1. The van der Waals surface area contributed by atoms with E-state index in [1.54, 1.807) is 25.4 Å². The molecule has 12 heteroatoms. The van der Waals surface area contributed by atoms with Crippen molar-refractivity contribution in [2.24, 2.45) is 28.2 Å². The van der Waals surface area contributed by atoms with Gasteiger partial charge in [0.25, 0.3) is 0 Å². The minimum absolute atomic E-state index is 0.232. The van der Waals surface area contributed by atoms with Crippen LogP contribution in [0.1, 0.15) is 160 Å². The van der Waals surface area contributed by atoms with Crippen molar-refractivity contribution in [2.75, 3.05) is 0 Å². The summed E-state index contributed by atoms with van der Waals surface area (Å²) in [6.07, 6.45) is 9.41. The number of benzene rings is 4. The quantitative estimate of drug-likeness (QED) is 0.111. The molecule has 0 saturated heterocycles. The van der Waals surface area contributed by atoms with Crippen molar-refractivity contribution in [3.63, 3.8) is 0 Å². The molecule has 12 aromatic heterocycles. The van der Waals surface area contributed by atoms with E-state index in [-0.39, 0.29) is 5.92 Å². The largest absolute Gasteiger partial charge is 0.437 e. The molecule has 0 aliphatic heterocycles. The van der Waals surface area contributed by atoms with E-state index in [1.165, 1.54) is 58.6 Å². The highest BCUT2D eigenvalue weighted by Gasteiger charge is 2.28. The first-order chi connectivity index (χ1) is 52.1. The van der Waals surface area contributed by atoms with Gasteiger partial charge in [0.15, 0.2) is 47.1 Å². The Kier molecular flexibility index (Phi) is 18.2. The van der Waals surface area contributed by atoms with Gasteiger partial charge < -0.3 is 17.7 Å². The maximum absolute atomic E-state index is 8.39. The zero-order valence-electron chi connectivity index (χ0n) is 70.1. The van der Waals surface area contributed by atoms with Gasteiger partial charge in [0.05, 0.1) is 22.3 Å². The number of fused-ring (bicyclic) bond motifs is 12. The van der Waals surface area contributed by atoms with Gasteiger partial charge in [-0.05, 0) is 192 Å². The summed E-state index contributed by atoms with van der Waals surface area (Å²) >= 11 is 0. The van der Waals surface area contributed by atoms with Crippen molar-refractivity contribution in [3.8, 4) is 45.0 Å². The van der Waals surface area contributed by atoms with Gasteiger partial charge in [-0.25, -0.2) is 38.2 Å². The summed E-state index contributed by atoms with van der Waals surface area (Å²) in [6.45, 7) is 31.8. The molecule has 0 amide bonds. The van der Waals surface area contributed by atoms with E-state index in [0.29, 0.717) is 33.9 Å². The molecular formula is C92H100N8O4+4. The molecule has 0 unspecified atom stereocenters. The molecule has 528 valence electrons. The predicted molar refractivity (Wildman–Crippen MR) is 425 cm³/mol. The molecule has 16 rings (SSSR count). The number of furan rings is 4. The number of pyridine rings is 8. The zero-order chi connectivity index (χ0) is 79.1. The summed E-state index contributed by atoms with van der Waals surface area (Å²) in [7, 11) is 8.10. The fraction of sp³-hybridized carbons (Fsp3) is 0.304. The van der Waals surface area contributed by atoms with Crippen LogP contribution < -0.4 is 18.3 Å². The van der Waals surface area contributed by atoms with Crippen molar-refractivity contribution in [1.82, 2.24) is 19.9 Å².